The lowest BCUT2D eigenvalue weighted by Crippen LogP contribution is -2.41. The van der Waals surface area contributed by atoms with Gasteiger partial charge in [-0.25, -0.2) is 4.79 Å². The Kier molecular flexibility index (Phi) is 6.73. The molecule has 0 fully saturated rings. The number of hydrogen-bond donors (Lipinski definition) is 3. The van der Waals surface area contributed by atoms with Crippen molar-refractivity contribution in [2.75, 3.05) is 16.8 Å². The lowest BCUT2D eigenvalue weighted by molar-refractivity contribution is -0.140. The van der Waals surface area contributed by atoms with Crippen LogP contribution in [0.3, 0.4) is 0 Å². The van der Waals surface area contributed by atoms with Crippen molar-refractivity contribution in [1.82, 2.24) is 10.5 Å². The second kappa shape index (κ2) is 8.30. The summed E-state index contributed by atoms with van der Waals surface area (Å²) in [6.07, 6.45) is 0.211. The Bertz CT molecular complexity index is 517. The van der Waals surface area contributed by atoms with E-state index < -0.39 is 17.9 Å². The van der Waals surface area contributed by atoms with Crippen LogP contribution in [0.5, 0.6) is 0 Å². The molecule has 116 valence electrons. The summed E-state index contributed by atoms with van der Waals surface area (Å²) in [6, 6.07) is 0.649. The van der Waals surface area contributed by atoms with Gasteiger partial charge < -0.3 is 20.3 Å². The smallest absolute Gasteiger partial charge is 0.327 e. The van der Waals surface area contributed by atoms with E-state index >= 15 is 0 Å². The highest BCUT2D eigenvalue weighted by Crippen LogP contribution is 2.09. The van der Waals surface area contributed by atoms with Crippen LogP contribution in [0.4, 0.5) is 5.82 Å². The van der Waals surface area contributed by atoms with Gasteiger partial charge in [-0.05, 0) is 6.92 Å². The van der Waals surface area contributed by atoms with E-state index in [2.05, 4.69) is 15.8 Å². The number of aromatic nitrogens is 1. The van der Waals surface area contributed by atoms with Crippen molar-refractivity contribution >= 4 is 35.4 Å². The number of anilines is 1. The maximum Gasteiger partial charge on any atom is 0.327 e. The largest absolute Gasteiger partial charge is 0.480 e. The molecule has 21 heavy (non-hydrogen) atoms. The predicted octanol–water partition coefficient (Wildman–Crippen LogP) is 0.634. The average Bonchev–Trinajstić information content (AvgIpc) is 2.77. The molecule has 0 bridgehead atoms. The zero-order chi connectivity index (χ0) is 15.8. The highest BCUT2D eigenvalue weighted by atomic mass is 32.2. The molecule has 1 atom stereocenters. The topological polar surface area (TPSA) is 122 Å². The summed E-state index contributed by atoms with van der Waals surface area (Å²) in [5.74, 6) is -0.148. The molecule has 8 nitrogen and oxygen atoms in total. The number of nitrogens with one attached hydrogen (secondary N) is 2. The van der Waals surface area contributed by atoms with Gasteiger partial charge in [0.15, 0.2) is 5.82 Å². The summed E-state index contributed by atoms with van der Waals surface area (Å²) < 4.78 is 4.81. The summed E-state index contributed by atoms with van der Waals surface area (Å²) in [5, 5.41) is 17.4. The van der Waals surface area contributed by atoms with Crippen molar-refractivity contribution in [1.29, 1.82) is 0 Å². The van der Waals surface area contributed by atoms with E-state index in [1.54, 1.807) is 13.0 Å². The summed E-state index contributed by atoms with van der Waals surface area (Å²) in [7, 11) is 0. The molecule has 0 saturated carbocycles. The second-order valence-electron chi connectivity index (χ2n) is 4.29. The fourth-order valence-corrected chi connectivity index (χ4v) is 2.37. The van der Waals surface area contributed by atoms with Crippen molar-refractivity contribution in [3.8, 4) is 0 Å². The minimum absolute atomic E-state index is 0.200. The molecule has 0 aliphatic carbocycles. The van der Waals surface area contributed by atoms with Crippen molar-refractivity contribution in [2.45, 2.75) is 26.3 Å². The monoisotopic (exact) mass is 315 g/mol. The van der Waals surface area contributed by atoms with Gasteiger partial charge in [-0.3, -0.25) is 9.59 Å². The molecule has 2 amide bonds. The van der Waals surface area contributed by atoms with E-state index in [9.17, 15) is 14.4 Å². The maximum atomic E-state index is 11.6. The first-order chi connectivity index (χ1) is 9.88. The van der Waals surface area contributed by atoms with E-state index in [0.717, 1.165) is 0 Å². The predicted molar refractivity (Wildman–Crippen MR) is 77.1 cm³/mol. The fourth-order valence-electron chi connectivity index (χ4n) is 1.42. The number of carboxylic acid groups (broad SMARTS) is 1. The molecule has 3 N–H and O–H groups in total. The summed E-state index contributed by atoms with van der Waals surface area (Å²) >= 11 is 1.28. The number of aliphatic carboxylic acids is 1. The van der Waals surface area contributed by atoms with Crippen molar-refractivity contribution in [2.24, 2.45) is 0 Å². The van der Waals surface area contributed by atoms with Crippen LogP contribution in [0, 0.1) is 6.92 Å². The first-order valence-electron chi connectivity index (χ1n) is 6.19. The van der Waals surface area contributed by atoms with Crippen molar-refractivity contribution in [3.05, 3.63) is 11.8 Å². The molecule has 0 radical (unpaired) electrons. The first-order valence-corrected chi connectivity index (χ1v) is 7.34. The lowest BCUT2D eigenvalue weighted by atomic mass is 10.3. The molecule has 1 rings (SSSR count). The third kappa shape index (κ3) is 6.80. The lowest BCUT2D eigenvalue weighted by Gasteiger charge is -2.12. The quantitative estimate of drug-likeness (QED) is 0.602. The van der Waals surface area contributed by atoms with Crippen molar-refractivity contribution < 1.29 is 24.0 Å². The Labute approximate surface area is 125 Å². The van der Waals surface area contributed by atoms with E-state index in [1.807, 2.05) is 0 Å². The first kappa shape index (κ1) is 17.0. The normalized spacial score (nSPS) is 11.7. The molecule has 1 aromatic heterocycles. The van der Waals surface area contributed by atoms with Gasteiger partial charge in [0.05, 0.1) is 0 Å². The Morgan fingerprint density at radius 2 is 2.19 bits per heavy atom. The number of rotatable bonds is 8. The molecule has 0 spiro atoms. The van der Waals surface area contributed by atoms with Gasteiger partial charge in [0.25, 0.3) is 0 Å². The van der Waals surface area contributed by atoms with Crippen LogP contribution in [0.15, 0.2) is 10.6 Å². The van der Waals surface area contributed by atoms with Crippen molar-refractivity contribution in [3.63, 3.8) is 0 Å². The van der Waals surface area contributed by atoms with Crippen LogP contribution in [0.25, 0.3) is 0 Å². The standard InChI is InChI=1S/C12H17N3O5S/c1-7-5-10(15-20-7)14-11(17)3-4-21-6-9(12(18)19)13-8(2)16/h5,9H,3-4,6H2,1-2H3,(H,13,16)(H,18,19)(H,14,15,17). The average molecular weight is 315 g/mol. The molecule has 1 unspecified atom stereocenters. The van der Waals surface area contributed by atoms with Gasteiger partial charge in [0.2, 0.25) is 11.8 Å². The number of hydrogen-bond acceptors (Lipinski definition) is 6. The van der Waals surface area contributed by atoms with E-state index in [1.165, 1.54) is 18.7 Å². The number of thioether (sulfide) groups is 1. The third-order valence-electron chi connectivity index (χ3n) is 2.33. The van der Waals surface area contributed by atoms with Gasteiger partial charge in [0, 0.05) is 30.9 Å². The Morgan fingerprint density at radius 1 is 1.48 bits per heavy atom. The number of carbonyl (C=O) groups is 3. The minimum Gasteiger partial charge on any atom is -0.480 e. The Balaban J connectivity index is 2.24. The Hall–Kier alpha value is -2.03. The van der Waals surface area contributed by atoms with Crippen LogP contribution < -0.4 is 10.6 Å². The third-order valence-corrected chi connectivity index (χ3v) is 3.39. The second-order valence-corrected chi connectivity index (χ2v) is 5.44. The van der Waals surface area contributed by atoms with E-state index in [0.29, 0.717) is 17.3 Å². The van der Waals surface area contributed by atoms with Gasteiger partial charge in [-0.15, -0.1) is 0 Å². The molecule has 1 heterocycles. The Morgan fingerprint density at radius 3 is 2.71 bits per heavy atom. The van der Waals surface area contributed by atoms with Gasteiger partial charge >= 0.3 is 5.97 Å². The van der Waals surface area contributed by atoms with Crippen LogP contribution >= 0.6 is 11.8 Å². The summed E-state index contributed by atoms with van der Waals surface area (Å²) in [4.78, 5) is 33.3. The minimum atomic E-state index is -1.10. The van der Waals surface area contributed by atoms with Crippen LogP contribution in [0.2, 0.25) is 0 Å². The highest BCUT2D eigenvalue weighted by Gasteiger charge is 2.18. The van der Waals surface area contributed by atoms with Gasteiger partial charge in [0.1, 0.15) is 11.8 Å². The highest BCUT2D eigenvalue weighted by molar-refractivity contribution is 7.99. The molecular weight excluding hydrogens is 298 g/mol. The molecule has 9 heteroatoms. The maximum absolute atomic E-state index is 11.6. The zero-order valence-electron chi connectivity index (χ0n) is 11.7. The van der Waals surface area contributed by atoms with Gasteiger partial charge in [-0.2, -0.15) is 11.8 Å². The molecule has 0 saturated heterocycles. The molecular formula is C12H17N3O5S. The van der Waals surface area contributed by atoms with Crippen LogP contribution in [0.1, 0.15) is 19.1 Å². The van der Waals surface area contributed by atoms with Gasteiger partial charge in [-0.1, -0.05) is 5.16 Å². The number of carbonyl (C=O) groups excluding carboxylic acids is 2. The number of nitrogens with zero attached hydrogens (tertiary/aromatic N) is 1. The van der Waals surface area contributed by atoms with E-state index in [4.69, 9.17) is 9.63 Å². The number of amides is 2. The number of carboxylic acids is 1. The molecule has 1 aromatic rings. The summed E-state index contributed by atoms with van der Waals surface area (Å²) in [6.45, 7) is 2.97. The van der Waals surface area contributed by atoms with Crippen LogP contribution in [-0.4, -0.2) is 45.6 Å². The SMILES string of the molecule is CC(=O)NC(CSCCC(=O)Nc1cc(C)on1)C(=O)O. The molecule has 0 aliphatic rings. The fraction of sp³-hybridized carbons (Fsp3) is 0.500. The molecule has 0 aliphatic heterocycles. The number of aryl methyl sites for hydroxylation is 1. The summed E-state index contributed by atoms with van der Waals surface area (Å²) in [5.41, 5.74) is 0. The molecule has 0 aromatic carbocycles. The zero-order valence-corrected chi connectivity index (χ0v) is 12.5. The van der Waals surface area contributed by atoms with E-state index in [-0.39, 0.29) is 18.1 Å². The van der Waals surface area contributed by atoms with Crippen LogP contribution in [-0.2, 0) is 14.4 Å².